The van der Waals surface area contributed by atoms with Gasteiger partial charge in [0.1, 0.15) is 34.0 Å². The van der Waals surface area contributed by atoms with Crippen molar-refractivity contribution in [2.75, 3.05) is 28.2 Å². The molecule has 0 saturated carbocycles. The zero-order chi connectivity index (χ0) is 40.9. The number of rotatable bonds is 10. The number of nitrogens with zero attached hydrogens (tertiary/aromatic N) is 10. The number of hydrogen-bond acceptors (Lipinski definition) is 14. The van der Waals surface area contributed by atoms with Crippen LogP contribution in [-0.4, -0.2) is 83.4 Å². The number of azo groups is 2. The van der Waals surface area contributed by atoms with Crippen LogP contribution in [0.3, 0.4) is 0 Å². The van der Waals surface area contributed by atoms with Gasteiger partial charge >= 0.3 is 18.9 Å². The molecule has 6 rings (SSSR count). The van der Waals surface area contributed by atoms with Gasteiger partial charge in [-0.1, -0.05) is 61.6 Å². The molecule has 4 aromatic carbocycles. The fourth-order valence-corrected chi connectivity index (χ4v) is 6.68. The van der Waals surface area contributed by atoms with Crippen molar-refractivity contribution >= 4 is 42.8 Å². The Hall–Kier alpha value is -5.35. The van der Waals surface area contributed by atoms with Crippen LogP contribution < -0.4 is 30.0 Å². The second-order valence-electron chi connectivity index (χ2n) is 12.2. The SMILES string of the molecule is Cc1nn(-c2ccccc2)c(=O)[c-]1N=Nc1ccc(S(=O)(=O)N(C)C)cc1O.Cc1nn(-c2ccccc2)c(=O)[c-]1N=Nc1ccc(S(=O)(=O)N(C)C)cc1O.[Cr].[Li+]. The molecule has 2 heterocycles. The van der Waals surface area contributed by atoms with Crippen molar-refractivity contribution in [1.29, 1.82) is 0 Å². The summed E-state index contributed by atoms with van der Waals surface area (Å²) in [5.74, 6) is -0.737. The van der Waals surface area contributed by atoms with E-state index in [2.05, 4.69) is 30.7 Å². The van der Waals surface area contributed by atoms with Crippen molar-refractivity contribution in [3.63, 3.8) is 0 Å². The Bertz CT molecular complexity index is 2590. The van der Waals surface area contributed by atoms with Gasteiger partial charge in [0.15, 0.2) is 0 Å². The smallest absolute Gasteiger partial charge is 0.506 e. The largest absolute Gasteiger partial charge is 1.00 e. The van der Waals surface area contributed by atoms with E-state index in [0.29, 0.717) is 22.8 Å². The number of benzene rings is 4. The van der Waals surface area contributed by atoms with E-state index in [9.17, 15) is 36.6 Å². The number of aromatic nitrogens is 4. The predicted octanol–water partition coefficient (Wildman–Crippen LogP) is 2.26. The van der Waals surface area contributed by atoms with E-state index in [1.807, 2.05) is 12.1 Å². The molecule has 0 unspecified atom stereocenters. The van der Waals surface area contributed by atoms with Crippen molar-refractivity contribution < 1.29 is 63.3 Å². The monoisotopic (exact) mass is 859 g/mol. The Balaban J connectivity index is 0.000000300. The van der Waals surface area contributed by atoms with Gasteiger partial charge in [-0.3, -0.25) is 0 Å². The molecular formula is C36H36CrLiN10O8S2-. The fourth-order valence-electron chi connectivity index (χ4n) is 4.84. The van der Waals surface area contributed by atoms with Gasteiger partial charge in [-0.2, -0.15) is 10.2 Å². The molecule has 2 aromatic heterocycles. The van der Waals surface area contributed by atoms with Crippen molar-refractivity contribution in [3.05, 3.63) is 129 Å². The van der Waals surface area contributed by atoms with Crippen LogP contribution in [0.25, 0.3) is 11.4 Å². The normalized spacial score (nSPS) is 11.7. The van der Waals surface area contributed by atoms with Crippen molar-refractivity contribution in [2.24, 2.45) is 20.5 Å². The summed E-state index contributed by atoms with van der Waals surface area (Å²) in [4.78, 5) is 25.0. The first-order valence-electron chi connectivity index (χ1n) is 16.4. The summed E-state index contributed by atoms with van der Waals surface area (Å²) >= 11 is 0. The maximum absolute atomic E-state index is 12.6. The molecule has 0 saturated heterocycles. The maximum Gasteiger partial charge on any atom is 1.00 e. The Morgan fingerprint density at radius 2 is 0.914 bits per heavy atom. The van der Waals surface area contributed by atoms with Gasteiger partial charge in [0.25, 0.3) is 0 Å². The van der Waals surface area contributed by atoms with Gasteiger partial charge < -0.3 is 30.0 Å². The van der Waals surface area contributed by atoms with Crippen LogP contribution in [0.4, 0.5) is 22.7 Å². The Morgan fingerprint density at radius 3 is 1.21 bits per heavy atom. The van der Waals surface area contributed by atoms with Crippen LogP contribution in [0.1, 0.15) is 11.4 Å². The van der Waals surface area contributed by atoms with Crippen LogP contribution in [0, 0.1) is 13.8 Å². The number of para-hydroxylation sites is 2. The maximum atomic E-state index is 12.6. The quantitative estimate of drug-likeness (QED) is 0.116. The van der Waals surface area contributed by atoms with Gasteiger partial charge in [0.2, 0.25) is 20.0 Å². The summed E-state index contributed by atoms with van der Waals surface area (Å²) in [7, 11) is -1.81. The van der Waals surface area contributed by atoms with Crippen LogP contribution in [-0.2, 0) is 37.4 Å². The number of phenols is 2. The molecule has 58 heavy (non-hydrogen) atoms. The van der Waals surface area contributed by atoms with Crippen LogP contribution >= 0.6 is 0 Å². The average molecular weight is 860 g/mol. The molecule has 298 valence electrons. The topological polar surface area (TPSA) is 234 Å². The number of phenolic OH excluding ortho intramolecular Hbond substituents is 2. The Kier molecular flexibility index (Phi) is 15.7. The summed E-state index contributed by atoms with van der Waals surface area (Å²) in [5.41, 5.74) is 1.19. The van der Waals surface area contributed by atoms with Crippen LogP contribution in [0.2, 0.25) is 0 Å². The third-order valence-electron chi connectivity index (χ3n) is 7.94. The third kappa shape index (κ3) is 10.2. The van der Waals surface area contributed by atoms with E-state index in [1.165, 1.54) is 61.8 Å². The van der Waals surface area contributed by atoms with Gasteiger partial charge in [0, 0.05) is 57.7 Å². The van der Waals surface area contributed by atoms with Crippen molar-refractivity contribution in [1.82, 2.24) is 28.2 Å². The Labute approximate surface area is 356 Å². The summed E-state index contributed by atoms with van der Waals surface area (Å²) < 4.78 is 52.9. The van der Waals surface area contributed by atoms with Crippen molar-refractivity contribution in [2.45, 2.75) is 23.6 Å². The molecule has 2 N–H and O–H groups in total. The minimum Gasteiger partial charge on any atom is -0.506 e. The zero-order valence-electron chi connectivity index (χ0n) is 32.3. The van der Waals surface area contributed by atoms with E-state index in [0.717, 1.165) is 20.7 Å². The minimum atomic E-state index is -3.69. The minimum absolute atomic E-state index is 0. The molecule has 6 aromatic rings. The van der Waals surface area contributed by atoms with Crippen LogP contribution in [0.15, 0.2) is 137 Å². The molecule has 18 nitrogen and oxygen atoms in total. The summed E-state index contributed by atoms with van der Waals surface area (Å²) in [6.45, 7) is 3.25. The first-order chi connectivity index (χ1) is 26.4. The zero-order valence-corrected chi connectivity index (χ0v) is 35.2. The summed E-state index contributed by atoms with van der Waals surface area (Å²) in [5, 5.41) is 44.2. The van der Waals surface area contributed by atoms with E-state index in [4.69, 9.17) is 0 Å². The van der Waals surface area contributed by atoms with E-state index >= 15 is 0 Å². The fraction of sp³-hybridized carbons (Fsp3) is 0.167. The van der Waals surface area contributed by atoms with E-state index in [-0.39, 0.29) is 80.3 Å². The first-order valence-corrected chi connectivity index (χ1v) is 19.3. The van der Waals surface area contributed by atoms with Crippen molar-refractivity contribution in [3.8, 4) is 22.9 Å². The molecule has 0 amide bonds. The molecule has 0 radical (unpaired) electrons. The van der Waals surface area contributed by atoms with Crippen LogP contribution in [0.5, 0.6) is 11.5 Å². The molecule has 0 fully saturated rings. The standard InChI is InChI=1S/2C18H18N5O4S.Cr.Li/c2*1-12-17(18(25)23(21-12)13-7-5-4-6-8-13)20-19-15-10-9-14(11-16(15)24)28(26,27)22(2)3;;/h2*4-11,24H,1-3H3;;/q2*-1;;+1. The predicted molar refractivity (Wildman–Crippen MR) is 207 cm³/mol. The summed E-state index contributed by atoms with van der Waals surface area (Å²) in [6.07, 6.45) is 0. The second kappa shape index (κ2) is 19.4. The molecule has 22 heteroatoms. The molecule has 0 aliphatic carbocycles. The van der Waals surface area contributed by atoms with Gasteiger partial charge in [-0.05, 0) is 48.5 Å². The number of hydrogen-bond donors (Lipinski definition) is 2. The van der Waals surface area contributed by atoms with Gasteiger partial charge in [-0.15, -0.1) is 11.4 Å². The second-order valence-corrected chi connectivity index (χ2v) is 16.6. The molecule has 0 atom stereocenters. The number of sulfonamides is 2. The molecular weight excluding hydrogens is 824 g/mol. The number of aromatic hydroxyl groups is 2. The van der Waals surface area contributed by atoms with Gasteiger partial charge in [0.05, 0.1) is 21.2 Å². The molecule has 0 aliphatic rings. The van der Waals surface area contributed by atoms with Gasteiger partial charge in [-0.25, -0.2) is 45.0 Å². The first kappa shape index (κ1) is 47.0. The van der Waals surface area contributed by atoms with E-state index in [1.54, 1.807) is 62.4 Å². The average Bonchev–Trinajstić information content (AvgIpc) is 3.62. The Morgan fingerprint density at radius 1 is 0.586 bits per heavy atom. The number of aryl methyl sites for hydroxylation is 2. The molecule has 0 aliphatic heterocycles. The van der Waals surface area contributed by atoms with E-state index < -0.39 is 31.2 Å². The molecule has 0 bridgehead atoms. The molecule has 0 spiro atoms. The third-order valence-corrected chi connectivity index (χ3v) is 11.6. The summed E-state index contributed by atoms with van der Waals surface area (Å²) in [6, 6.07) is 25.2.